The number of hydrogen-bond acceptors (Lipinski definition) is 4. The van der Waals surface area contributed by atoms with Crippen molar-refractivity contribution in [3.8, 4) is 5.75 Å². The quantitative estimate of drug-likeness (QED) is 0.160. The van der Waals surface area contributed by atoms with Crippen molar-refractivity contribution in [3.63, 3.8) is 0 Å². The first-order chi connectivity index (χ1) is 18.2. The highest BCUT2D eigenvalue weighted by atomic mass is 32.1. The molecule has 0 fully saturated rings. The van der Waals surface area contributed by atoms with Gasteiger partial charge < -0.3 is 10.1 Å². The van der Waals surface area contributed by atoms with Gasteiger partial charge in [-0.05, 0) is 41.8 Å². The fourth-order valence-electron chi connectivity index (χ4n) is 4.50. The lowest BCUT2D eigenvalue weighted by atomic mass is 10.1. The van der Waals surface area contributed by atoms with Crippen molar-refractivity contribution in [1.82, 2.24) is 4.98 Å². The summed E-state index contributed by atoms with van der Waals surface area (Å²) in [6.45, 7) is 3.03. The molecular formula is C32H44N2O2S. The summed E-state index contributed by atoms with van der Waals surface area (Å²) in [5.41, 5.74) is 2.94. The lowest BCUT2D eigenvalue weighted by molar-refractivity contribution is -0.115. The molecule has 0 aliphatic rings. The molecule has 37 heavy (non-hydrogen) atoms. The lowest BCUT2D eigenvalue weighted by Gasteiger charge is -2.09. The fourth-order valence-corrected chi connectivity index (χ4v) is 5.15. The van der Waals surface area contributed by atoms with Crippen molar-refractivity contribution in [1.29, 1.82) is 0 Å². The second-order valence-electron chi connectivity index (χ2n) is 9.91. The van der Waals surface area contributed by atoms with Crippen LogP contribution in [0, 0.1) is 0 Å². The number of nitrogens with one attached hydrogen (secondary N) is 1. The van der Waals surface area contributed by atoms with Crippen LogP contribution in [-0.4, -0.2) is 17.5 Å². The molecule has 1 amide bonds. The summed E-state index contributed by atoms with van der Waals surface area (Å²) in [5.74, 6) is 0.860. The zero-order valence-electron chi connectivity index (χ0n) is 22.6. The maximum absolute atomic E-state index is 12.6. The Kier molecular flexibility index (Phi) is 13.9. The number of aromatic nitrogens is 1. The van der Waals surface area contributed by atoms with Crippen molar-refractivity contribution in [2.75, 3.05) is 11.9 Å². The van der Waals surface area contributed by atoms with Crippen LogP contribution in [0.3, 0.4) is 0 Å². The summed E-state index contributed by atoms with van der Waals surface area (Å²) in [5, 5.41) is 6.07. The predicted octanol–water partition coefficient (Wildman–Crippen LogP) is 9.00. The Labute approximate surface area is 227 Å². The number of carbonyl (C=O) groups excluding carboxylic acids is 1. The minimum atomic E-state index is -0.0171. The number of benzene rings is 2. The van der Waals surface area contributed by atoms with E-state index in [4.69, 9.17) is 4.74 Å². The monoisotopic (exact) mass is 520 g/mol. The van der Waals surface area contributed by atoms with Gasteiger partial charge >= 0.3 is 0 Å². The number of thiazole rings is 1. The van der Waals surface area contributed by atoms with Gasteiger partial charge in [0.05, 0.1) is 18.0 Å². The molecule has 1 aromatic heterocycles. The van der Waals surface area contributed by atoms with Gasteiger partial charge in [-0.1, -0.05) is 102 Å². The van der Waals surface area contributed by atoms with E-state index in [0.29, 0.717) is 6.42 Å². The van der Waals surface area contributed by atoms with E-state index in [1.54, 1.807) is 11.3 Å². The highest BCUT2D eigenvalue weighted by Gasteiger charge is 2.06. The van der Waals surface area contributed by atoms with Crippen molar-refractivity contribution in [2.24, 2.45) is 0 Å². The summed E-state index contributed by atoms with van der Waals surface area (Å²) in [6.07, 6.45) is 19.1. The third kappa shape index (κ3) is 12.4. The topological polar surface area (TPSA) is 51.2 Å². The number of amides is 1. The number of hydrogen-bond donors (Lipinski definition) is 1. The van der Waals surface area contributed by atoms with E-state index in [-0.39, 0.29) is 5.91 Å². The molecular weight excluding hydrogens is 476 g/mol. The molecule has 0 aliphatic carbocycles. The van der Waals surface area contributed by atoms with E-state index in [9.17, 15) is 4.79 Å². The third-order valence-corrected chi connectivity index (χ3v) is 7.38. The number of ether oxygens (including phenoxy) is 1. The molecule has 3 rings (SSSR count). The van der Waals surface area contributed by atoms with Crippen LogP contribution in [0.2, 0.25) is 0 Å². The Morgan fingerprint density at radius 1 is 0.838 bits per heavy atom. The lowest BCUT2D eigenvalue weighted by Crippen LogP contribution is -2.14. The molecule has 3 aromatic rings. The standard InChI is InChI=1S/C32H44N2O2S/c1-2-3-4-5-6-7-8-9-10-11-12-13-22-36-30-19-17-27(18-20-30)25-31(35)34-29-16-14-15-28(24-29)26-32-33-21-23-37-32/h14-21,23-24H,2-13,22,25-26H2,1H3,(H,34,35). The maximum atomic E-state index is 12.6. The normalized spacial score (nSPS) is 10.9. The molecule has 0 unspecified atom stereocenters. The Morgan fingerprint density at radius 2 is 1.51 bits per heavy atom. The van der Waals surface area contributed by atoms with Crippen molar-refractivity contribution < 1.29 is 9.53 Å². The van der Waals surface area contributed by atoms with Crippen molar-refractivity contribution >= 4 is 22.9 Å². The van der Waals surface area contributed by atoms with E-state index in [0.717, 1.165) is 47.0 Å². The van der Waals surface area contributed by atoms with Gasteiger partial charge in [0.25, 0.3) is 0 Å². The molecule has 1 heterocycles. The first-order valence-corrected chi connectivity index (χ1v) is 15.1. The Morgan fingerprint density at radius 3 is 2.16 bits per heavy atom. The van der Waals surface area contributed by atoms with Gasteiger partial charge in [0.15, 0.2) is 0 Å². The molecule has 0 radical (unpaired) electrons. The molecule has 0 bridgehead atoms. The van der Waals surface area contributed by atoms with Gasteiger partial charge in [-0.2, -0.15) is 0 Å². The molecule has 200 valence electrons. The van der Waals surface area contributed by atoms with Crippen LogP contribution < -0.4 is 10.1 Å². The highest BCUT2D eigenvalue weighted by molar-refractivity contribution is 7.09. The van der Waals surface area contributed by atoms with E-state index < -0.39 is 0 Å². The zero-order valence-corrected chi connectivity index (χ0v) is 23.4. The third-order valence-electron chi connectivity index (χ3n) is 6.60. The average molecular weight is 521 g/mol. The number of unbranched alkanes of at least 4 members (excludes halogenated alkanes) is 11. The van der Waals surface area contributed by atoms with E-state index in [2.05, 4.69) is 23.3 Å². The van der Waals surface area contributed by atoms with Crippen LogP contribution >= 0.6 is 11.3 Å². The summed E-state index contributed by atoms with van der Waals surface area (Å²) in [7, 11) is 0. The first-order valence-electron chi connectivity index (χ1n) is 14.2. The maximum Gasteiger partial charge on any atom is 0.228 e. The molecule has 0 atom stereocenters. The second-order valence-corrected chi connectivity index (χ2v) is 10.9. The molecule has 0 saturated heterocycles. The SMILES string of the molecule is CCCCCCCCCCCCCCOc1ccc(CC(=O)Nc2cccc(Cc3nccs3)c2)cc1. The second kappa shape index (κ2) is 17.7. The molecule has 0 aliphatic heterocycles. The van der Waals surface area contributed by atoms with Gasteiger partial charge in [0.1, 0.15) is 5.75 Å². The van der Waals surface area contributed by atoms with Crippen LogP contribution in [0.5, 0.6) is 5.75 Å². The predicted molar refractivity (Wildman–Crippen MR) is 157 cm³/mol. The van der Waals surface area contributed by atoms with Crippen LogP contribution in [0.4, 0.5) is 5.69 Å². The summed E-state index contributed by atoms with van der Waals surface area (Å²) in [6, 6.07) is 15.9. The summed E-state index contributed by atoms with van der Waals surface area (Å²) in [4.78, 5) is 16.9. The molecule has 5 heteroatoms. The van der Waals surface area contributed by atoms with Crippen LogP contribution in [-0.2, 0) is 17.6 Å². The Balaban J connectivity index is 1.24. The number of rotatable bonds is 19. The van der Waals surface area contributed by atoms with Crippen molar-refractivity contribution in [2.45, 2.75) is 96.8 Å². The summed E-state index contributed by atoms with van der Waals surface area (Å²) < 4.78 is 5.90. The molecule has 1 N–H and O–H groups in total. The minimum Gasteiger partial charge on any atom is -0.494 e. The van der Waals surface area contributed by atoms with E-state index >= 15 is 0 Å². The highest BCUT2D eigenvalue weighted by Crippen LogP contribution is 2.18. The zero-order chi connectivity index (χ0) is 26.0. The number of nitrogens with zero attached hydrogens (tertiary/aromatic N) is 1. The van der Waals surface area contributed by atoms with Gasteiger partial charge in [0, 0.05) is 23.7 Å². The van der Waals surface area contributed by atoms with Crippen molar-refractivity contribution in [3.05, 3.63) is 76.2 Å². The van der Waals surface area contributed by atoms with Crippen LogP contribution in [0.15, 0.2) is 60.1 Å². The van der Waals surface area contributed by atoms with E-state index in [1.165, 1.54) is 70.6 Å². The number of anilines is 1. The van der Waals surface area contributed by atoms with E-state index in [1.807, 2.05) is 54.0 Å². The van der Waals surface area contributed by atoms with Gasteiger partial charge in [-0.15, -0.1) is 11.3 Å². The molecule has 2 aromatic carbocycles. The Bertz CT molecular complexity index is 1000. The largest absolute Gasteiger partial charge is 0.494 e. The average Bonchev–Trinajstić information content (AvgIpc) is 3.41. The molecule has 0 saturated carbocycles. The smallest absolute Gasteiger partial charge is 0.228 e. The van der Waals surface area contributed by atoms with Gasteiger partial charge in [-0.3, -0.25) is 4.79 Å². The minimum absolute atomic E-state index is 0.0171. The summed E-state index contributed by atoms with van der Waals surface area (Å²) >= 11 is 1.64. The van der Waals surface area contributed by atoms with Gasteiger partial charge in [0.2, 0.25) is 5.91 Å². The number of carbonyl (C=O) groups is 1. The Hall–Kier alpha value is -2.66. The first kappa shape index (κ1) is 28.9. The fraction of sp³-hybridized carbons (Fsp3) is 0.500. The molecule has 0 spiro atoms. The molecule has 4 nitrogen and oxygen atoms in total. The van der Waals surface area contributed by atoms with Gasteiger partial charge in [-0.25, -0.2) is 4.98 Å². The van der Waals surface area contributed by atoms with Crippen LogP contribution in [0.25, 0.3) is 0 Å². The van der Waals surface area contributed by atoms with Crippen LogP contribution in [0.1, 0.15) is 100 Å².